The van der Waals surface area contributed by atoms with Gasteiger partial charge in [0.25, 0.3) is 0 Å². The number of ether oxygens (including phenoxy) is 6. The molecule has 26 heteroatoms. The first-order valence-corrected chi connectivity index (χ1v) is 26.5. The van der Waals surface area contributed by atoms with Gasteiger partial charge >= 0.3 is 36.3 Å². The summed E-state index contributed by atoms with van der Waals surface area (Å²) in [5.74, 6) is -2.50. The normalized spacial score (nSPS) is 12.2. The molecular formula is C49H56F8N8O9Si. The van der Waals surface area contributed by atoms with Gasteiger partial charge in [0, 0.05) is 50.3 Å². The van der Waals surface area contributed by atoms with Crippen LogP contribution in [-0.2, 0) is 25.8 Å². The van der Waals surface area contributed by atoms with E-state index in [2.05, 4.69) is 59.6 Å². The number of rotatable bonds is 21. The number of hydrogen-bond acceptors (Lipinski definition) is 14. The SMILES string of the molecule is COC(=O)C(C)(C)COc1cc(C)c(-c2ccc(-c3nc(OCC(F)(F)F)n(COCC[Si](C)(C)C)n3)c(F)c2)cn1.Cc1cc(OCC(C)(C)C(=O)O)ncc1-c1ccc(-c2nc(OCC(F)(F)F)n[nH]2)c(F)c1. The third-order valence-corrected chi connectivity index (χ3v) is 12.5. The van der Waals surface area contributed by atoms with E-state index in [0.29, 0.717) is 40.3 Å². The number of hydrogen-bond donors (Lipinski definition) is 2. The Kier molecular flexibility index (Phi) is 18.8. The highest BCUT2D eigenvalue weighted by Gasteiger charge is 2.33. The number of aromatic nitrogens is 8. The van der Waals surface area contributed by atoms with Gasteiger partial charge < -0.3 is 33.5 Å². The standard InChI is InChI=1S/C28H36F4N4O5Si.C21H20F4N4O4/c1-18-12-23(40-15-27(2,3)25(37)38-4)33-14-21(18)19-8-9-20(22(29)13-19)24-34-26(41-16-28(30,31)32)36(35-24)17-39-10-11-42(5,6)7;1-11-6-16(32-9-20(2,3)18(30)31)26-8-14(11)12-4-5-13(15(22)7-12)17-27-19(29-28-17)33-10-21(23,24)25/h8-9,12-14H,10-11,15-17H2,1-7H3;4-8H,9-10H2,1-3H3,(H,30,31)(H,27,28,29). The summed E-state index contributed by atoms with van der Waals surface area (Å²) in [6.07, 6.45) is -6.14. The lowest BCUT2D eigenvalue weighted by Crippen LogP contribution is -2.32. The predicted octanol–water partition coefficient (Wildman–Crippen LogP) is 10.7. The molecule has 0 fully saturated rings. The maximum absolute atomic E-state index is 15.3. The lowest BCUT2D eigenvalue weighted by molar-refractivity contribution is -0.156. The number of carboxylic acids is 1. The van der Waals surface area contributed by atoms with Crippen molar-refractivity contribution >= 4 is 20.0 Å². The molecule has 0 unspecified atom stereocenters. The largest absolute Gasteiger partial charge is 0.481 e. The first-order valence-electron chi connectivity index (χ1n) is 22.8. The molecule has 0 aliphatic carbocycles. The van der Waals surface area contributed by atoms with E-state index in [1.54, 1.807) is 52.0 Å². The van der Waals surface area contributed by atoms with E-state index >= 15 is 4.39 Å². The molecule has 0 bridgehead atoms. The molecule has 0 aliphatic rings. The number of carbonyl (C=O) groups excluding carboxylic acids is 1. The molecule has 75 heavy (non-hydrogen) atoms. The van der Waals surface area contributed by atoms with E-state index in [9.17, 15) is 40.3 Å². The molecule has 6 rings (SSSR count). The van der Waals surface area contributed by atoms with E-state index in [4.69, 9.17) is 28.8 Å². The number of nitrogens with zero attached hydrogens (tertiary/aromatic N) is 7. The van der Waals surface area contributed by atoms with Crippen LogP contribution in [0.4, 0.5) is 35.1 Å². The minimum atomic E-state index is -4.59. The molecule has 406 valence electrons. The van der Waals surface area contributed by atoms with Crippen LogP contribution in [0.5, 0.6) is 23.8 Å². The summed E-state index contributed by atoms with van der Waals surface area (Å²) < 4.78 is 137. The number of methoxy groups -OCH3 is 1. The van der Waals surface area contributed by atoms with Crippen molar-refractivity contribution in [3.8, 4) is 68.8 Å². The number of pyridine rings is 2. The Morgan fingerprint density at radius 2 is 1.21 bits per heavy atom. The summed E-state index contributed by atoms with van der Waals surface area (Å²) >= 11 is 0. The molecule has 0 amide bonds. The minimum absolute atomic E-state index is 0.00502. The van der Waals surface area contributed by atoms with Crippen molar-refractivity contribution in [2.24, 2.45) is 10.8 Å². The van der Waals surface area contributed by atoms with Gasteiger partial charge in [-0.15, -0.1) is 10.2 Å². The van der Waals surface area contributed by atoms with Crippen molar-refractivity contribution in [3.63, 3.8) is 0 Å². The maximum Gasteiger partial charge on any atom is 0.422 e. The minimum Gasteiger partial charge on any atom is -0.481 e. The molecule has 0 radical (unpaired) electrons. The van der Waals surface area contributed by atoms with Crippen LogP contribution in [0.2, 0.25) is 25.7 Å². The summed E-state index contributed by atoms with van der Waals surface area (Å²) in [7, 11) is -0.0863. The van der Waals surface area contributed by atoms with E-state index in [1.165, 1.54) is 57.6 Å². The monoisotopic (exact) mass is 1080 g/mol. The molecule has 0 atom stereocenters. The molecule has 2 aromatic carbocycles. The van der Waals surface area contributed by atoms with Gasteiger partial charge in [-0.1, -0.05) is 31.8 Å². The van der Waals surface area contributed by atoms with E-state index in [1.807, 2.05) is 0 Å². The summed E-state index contributed by atoms with van der Waals surface area (Å²) in [6, 6.07) is 11.7. The van der Waals surface area contributed by atoms with E-state index < -0.39 is 80.1 Å². The van der Waals surface area contributed by atoms with Crippen molar-refractivity contribution in [3.05, 3.63) is 83.7 Å². The fraction of sp³-hybridized carbons (Fsp3) is 0.429. The quantitative estimate of drug-likeness (QED) is 0.0297. The molecule has 0 spiro atoms. The average molecular weight is 1080 g/mol. The van der Waals surface area contributed by atoms with Crippen LogP contribution >= 0.6 is 0 Å². The summed E-state index contributed by atoms with van der Waals surface area (Å²) in [5, 5.41) is 19.2. The fourth-order valence-electron chi connectivity index (χ4n) is 6.35. The number of carbonyl (C=O) groups is 2. The molecule has 2 N–H and O–H groups in total. The topological polar surface area (TPSA) is 208 Å². The van der Waals surface area contributed by atoms with Crippen LogP contribution in [0.15, 0.2) is 60.9 Å². The van der Waals surface area contributed by atoms with E-state index in [0.717, 1.165) is 16.3 Å². The molecule has 4 aromatic heterocycles. The van der Waals surface area contributed by atoms with Crippen LogP contribution in [0.3, 0.4) is 0 Å². The van der Waals surface area contributed by atoms with Crippen LogP contribution in [0.1, 0.15) is 38.8 Å². The molecule has 17 nitrogen and oxygen atoms in total. The van der Waals surface area contributed by atoms with Crippen LogP contribution in [-0.4, -0.2) is 118 Å². The van der Waals surface area contributed by atoms with Gasteiger partial charge in [-0.3, -0.25) is 14.7 Å². The highest BCUT2D eigenvalue weighted by molar-refractivity contribution is 6.76. The van der Waals surface area contributed by atoms with Gasteiger partial charge in [-0.25, -0.2) is 18.7 Å². The molecule has 6 aromatic rings. The van der Waals surface area contributed by atoms with Crippen molar-refractivity contribution in [2.75, 3.05) is 40.1 Å². The third-order valence-electron chi connectivity index (χ3n) is 10.7. The van der Waals surface area contributed by atoms with Crippen molar-refractivity contribution in [1.82, 2.24) is 39.9 Å². The Hall–Kier alpha value is -7.22. The smallest absolute Gasteiger partial charge is 0.422 e. The number of carboxylic acid groups (broad SMARTS) is 1. The van der Waals surface area contributed by atoms with Crippen LogP contribution in [0, 0.1) is 36.3 Å². The van der Waals surface area contributed by atoms with Crippen molar-refractivity contribution < 1.29 is 78.2 Å². The van der Waals surface area contributed by atoms with E-state index in [-0.39, 0.29) is 48.6 Å². The van der Waals surface area contributed by atoms with Gasteiger partial charge in [0.05, 0.1) is 29.1 Å². The summed E-state index contributed by atoms with van der Waals surface area (Å²) in [5.41, 5.74) is 1.69. The molecule has 0 aliphatic heterocycles. The number of nitrogens with one attached hydrogen (secondary N) is 1. The number of benzene rings is 2. The second-order valence-electron chi connectivity index (χ2n) is 19.5. The predicted molar refractivity (Wildman–Crippen MR) is 259 cm³/mol. The lowest BCUT2D eigenvalue weighted by atomic mass is 9.95. The van der Waals surface area contributed by atoms with Crippen LogP contribution < -0.4 is 18.9 Å². The molecule has 4 heterocycles. The van der Waals surface area contributed by atoms with Gasteiger partial charge in [0.1, 0.15) is 31.6 Å². The highest BCUT2D eigenvalue weighted by atomic mass is 28.3. The number of aryl methyl sites for hydroxylation is 2. The molecular weight excluding hydrogens is 1020 g/mol. The third kappa shape index (κ3) is 17.2. The Balaban J connectivity index is 0.000000285. The van der Waals surface area contributed by atoms with Crippen LogP contribution in [0.25, 0.3) is 45.0 Å². The summed E-state index contributed by atoms with van der Waals surface area (Å²) in [4.78, 5) is 39.2. The second-order valence-corrected chi connectivity index (χ2v) is 25.2. The second kappa shape index (κ2) is 24.0. The Labute approximate surface area is 427 Å². The fourth-order valence-corrected chi connectivity index (χ4v) is 7.11. The zero-order valence-corrected chi connectivity index (χ0v) is 43.6. The average Bonchev–Trinajstić information content (AvgIpc) is 3.96. The Morgan fingerprint density at radius 1 is 0.693 bits per heavy atom. The van der Waals surface area contributed by atoms with Crippen molar-refractivity contribution in [1.29, 1.82) is 0 Å². The van der Waals surface area contributed by atoms with Gasteiger partial charge in [0.15, 0.2) is 24.9 Å². The zero-order chi connectivity index (χ0) is 55.7. The van der Waals surface area contributed by atoms with Crippen molar-refractivity contribution in [2.45, 2.75) is 86.3 Å². The maximum atomic E-state index is 15.3. The number of halogens is 8. The number of alkyl halides is 6. The Bertz CT molecular complexity index is 2940. The molecule has 0 saturated heterocycles. The first-order chi connectivity index (χ1) is 34.8. The zero-order valence-electron chi connectivity index (χ0n) is 42.6. The van der Waals surface area contributed by atoms with Gasteiger partial charge in [-0.05, 0) is 94.1 Å². The Morgan fingerprint density at radius 3 is 1.69 bits per heavy atom. The molecule has 0 saturated carbocycles. The summed E-state index contributed by atoms with van der Waals surface area (Å²) in [6.45, 7) is 13.5. The number of aliphatic carboxylic acids is 1. The lowest BCUT2D eigenvalue weighted by Gasteiger charge is -2.21. The van der Waals surface area contributed by atoms with Gasteiger partial charge in [0.2, 0.25) is 11.8 Å². The highest BCUT2D eigenvalue weighted by Crippen LogP contribution is 2.33. The first kappa shape index (κ1) is 58.7. The number of aromatic amines is 1. The number of H-pyrrole nitrogens is 1. The van der Waals surface area contributed by atoms with Gasteiger partial charge in [-0.2, -0.15) is 41.0 Å². The number of esters is 1.